The van der Waals surface area contributed by atoms with E-state index in [1.54, 1.807) is 11.8 Å². The highest BCUT2D eigenvalue weighted by Crippen LogP contribution is 2.18. The number of carbonyl (C=O) groups excluding carboxylic acids is 1. The fourth-order valence-corrected chi connectivity index (χ4v) is 1.68. The summed E-state index contributed by atoms with van der Waals surface area (Å²) in [5, 5.41) is 8.77. The van der Waals surface area contributed by atoms with Crippen molar-refractivity contribution in [2.24, 2.45) is 5.92 Å². The van der Waals surface area contributed by atoms with Gasteiger partial charge in [0.1, 0.15) is 0 Å². The molecule has 1 aliphatic heterocycles. The third-order valence-electron chi connectivity index (χ3n) is 2.92. The highest BCUT2D eigenvalue weighted by Gasteiger charge is 2.25. The van der Waals surface area contributed by atoms with Crippen molar-refractivity contribution in [3.63, 3.8) is 0 Å². The second-order valence-corrected chi connectivity index (χ2v) is 4.20. The third kappa shape index (κ3) is 2.58. The van der Waals surface area contributed by atoms with Crippen molar-refractivity contribution in [2.45, 2.75) is 27.2 Å². The zero-order chi connectivity index (χ0) is 11.6. The molecule has 1 fully saturated rings. The summed E-state index contributed by atoms with van der Waals surface area (Å²) in [4.78, 5) is 24.3. The van der Waals surface area contributed by atoms with Crippen LogP contribution in [-0.4, -0.2) is 35.0 Å². The number of carboxylic acid groups (broad SMARTS) is 1. The van der Waals surface area contributed by atoms with Gasteiger partial charge in [0.2, 0.25) is 5.91 Å². The van der Waals surface area contributed by atoms with Gasteiger partial charge in [-0.3, -0.25) is 4.79 Å². The molecule has 4 nitrogen and oxygen atoms in total. The summed E-state index contributed by atoms with van der Waals surface area (Å²) >= 11 is 0. The van der Waals surface area contributed by atoms with Gasteiger partial charge in [-0.25, -0.2) is 4.79 Å². The van der Waals surface area contributed by atoms with Gasteiger partial charge in [-0.05, 0) is 26.2 Å². The molecule has 0 spiro atoms. The maximum Gasteiger partial charge on any atom is 0.331 e. The largest absolute Gasteiger partial charge is 0.478 e. The van der Waals surface area contributed by atoms with Crippen LogP contribution in [0.4, 0.5) is 0 Å². The molecule has 84 valence electrons. The molecular formula is C11H17NO3. The van der Waals surface area contributed by atoms with Crippen LogP contribution in [0.2, 0.25) is 0 Å². The molecular weight excluding hydrogens is 194 g/mol. The predicted octanol–water partition coefficient (Wildman–Crippen LogP) is 1.28. The molecule has 0 aromatic heterocycles. The number of carbonyl (C=O) groups is 2. The molecule has 0 bridgehead atoms. The van der Waals surface area contributed by atoms with E-state index in [2.05, 4.69) is 6.92 Å². The minimum Gasteiger partial charge on any atom is -0.478 e. The van der Waals surface area contributed by atoms with E-state index < -0.39 is 5.97 Å². The Hall–Kier alpha value is -1.32. The van der Waals surface area contributed by atoms with Crippen molar-refractivity contribution in [1.29, 1.82) is 0 Å². The molecule has 0 aromatic carbocycles. The van der Waals surface area contributed by atoms with Crippen LogP contribution in [0.25, 0.3) is 0 Å². The van der Waals surface area contributed by atoms with Crippen LogP contribution in [0.15, 0.2) is 11.1 Å². The Morgan fingerprint density at radius 2 is 1.87 bits per heavy atom. The number of nitrogens with zero attached hydrogens (tertiary/aromatic N) is 1. The average Bonchev–Trinajstić information content (AvgIpc) is 2.61. The maximum absolute atomic E-state index is 11.8. The molecule has 1 atom stereocenters. The summed E-state index contributed by atoms with van der Waals surface area (Å²) in [6, 6.07) is 0. The molecule has 4 heteroatoms. The van der Waals surface area contributed by atoms with Gasteiger partial charge in [-0.15, -0.1) is 0 Å². The Balaban J connectivity index is 2.77. The van der Waals surface area contributed by atoms with E-state index in [0.29, 0.717) is 11.5 Å². The molecule has 1 heterocycles. The average molecular weight is 211 g/mol. The Labute approximate surface area is 89.6 Å². The monoisotopic (exact) mass is 211 g/mol. The first-order valence-electron chi connectivity index (χ1n) is 5.13. The molecule has 0 aromatic rings. The van der Waals surface area contributed by atoms with Crippen molar-refractivity contribution in [2.75, 3.05) is 13.1 Å². The Morgan fingerprint density at radius 1 is 1.27 bits per heavy atom. The molecule has 0 aliphatic carbocycles. The lowest BCUT2D eigenvalue weighted by Crippen LogP contribution is -2.30. The first-order valence-corrected chi connectivity index (χ1v) is 5.13. The maximum atomic E-state index is 11.8. The number of hydrogen-bond donors (Lipinski definition) is 1. The smallest absolute Gasteiger partial charge is 0.331 e. The fraction of sp³-hybridized carbons (Fsp3) is 0.636. The van der Waals surface area contributed by atoms with Gasteiger partial charge in [0, 0.05) is 24.2 Å². The molecule has 1 N–H and O–H groups in total. The van der Waals surface area contributed by atoms with Crippen LogP contribution in [0.1, 0.15) is 27.2 Å². The molecule has 1 unspecified atom stereocenters. The van der Waals surface area contributed by atoms with Gasteiger partial charge in [-0.1, -0.05) is 6.92 Å². The van der Waals surface area contributed by atoms with Crippen LogP contribution in [0, 0.1) is 5.92 Å². The summed E-state index contributed by atoms with van der Waals surface area (Å²) in [7, 11) is 0. The number of aliphatic carboxylic acids is 1. The molecule has 0 radical (unpaired) electrons. The summed E-state index contributed by atoms with van der Waals surface area (Å²) in [6.45, 7) is 6.62. The first kappa shape index (κ1) is 11.8. The topological polar surface area (TPSA) is 57.6 Å². The fourth-order valence-electron chi connectivity index (χ4n) is 1.68. The molecule has 15 heavy (non-hydrogen) atoms. The second-order valence-electron chi connectivity index (χ2n) is 4.20. The molecule has 1 saturated heterocycles. The van der Waals surface area contributed by atoms with E-state index in [0.717, 1.165) is 19.5 Å². The number of likely N-dealkylation sites (tertiary alicyclic amines) is 1. The molecule has 0 saturated carbocycles. The highest BCUT2D eigenvalue weighted by atomic mass is 16.4. The van der Waals surface area contributed by atoms with E-state index in [1.807, 2.05) is 0 Å². The van der Waals surface area contributed by atoms with Crippen molar-refractivity contribution >= 4 is 11.9 Å². The SMILES string of the molecule is C/C(C(=O)O)=C(\C)C(=O)N1CCC(C)C1. The lowest BCUT2D eigenvalue weighted by Gasteiger charge is -2.16. The van der Waals surface area contributed by atoms with Crippen molar-refractivity contribution < 1.29 is 14.7 Å². The van der Waals surface area contributed by atoms with Gasteiger partial charge >= 0.3 is 5.97 Å². The van der Waals surface area contributed by atoms with Crippen LogP contribution in [0.5, 0.6) is 0 Å². The van der Waals surface area contributed by atoms with Gasteiger partial charge in [-0.2, -0.15) is 0 Å². The minimum atomic E-state index is -1.02. The summed E-state index contributed by atoms with van der Waals surface area (Å²) < 4.78 is 0. The van der Waals surface area contributed by atoms with Crippen LogP contribution in [-0.2, 0) is 9.59 Å². The Kier molecular flexibility index (Phi) is 3.50. The normalized spacial score (nSPS) is 22.6. The summed E-state index contributed by atoms with van der Waals surface area (Å²) in [5.41, 5.74) is 0.483. The van der Waals surface area contributed by atoms with Gasteiger partial charge in [0.15, 0.2) is 0 Å². The highest BCUT2D eigenvalue weighted by molar-refractivity contribution is 6.01. The van der Waals surface area contributed by atoms with Gasteiger partial charge in [0.25, 0.3) is 0 Å². The zero-order valence-electron chi connectivity index (χ0n) is 9.41. The number of carboxylic acids is 1. The first-order chi connectivity index (χ1) is 6.93. The van der Waals surface area contributed by atoms with Crippen LogP contribution >= 0.6 is 0 Å². The van der Waals surface area contributed by atoms with Crippen molar-refractivity contribution in [3.8, 4) is 0 Å². The van der Waals surface area contributed by atoms with E-state index in [4.69, 9.17) is 5.11 Å². The number of rotatable bonds is 2. The van der Waals surface area contributed by atoms with Crippen molar-refractivity contribution in [1.82, 2.24) is 4.90 Å². The minimum absolute atomic E-state index is 0.138. The molecule has 1 amide bonds. The summed E-state index contributed by atoms with van der Waals surface area (Å²) in [5.74, 6) is -0.640. The van der Waals surface area contributed by atoms with E-state index in [1.165, 1.54) is 6.92 Å². The zero-order valence-corrected chi connectivity index (χ0v) is 9.41. The van der Waals surface area contributed by atoms with E-state index in [-0.39, 0.29) is 11.5 Å². The standard InChI is InChI=1S/C11H17NO3/c1-7-4-5-12(6-7)10(13)8(2)9(3)11(14)15/h7H,4-6H2,1-3H3,(H,14,15)/b9-8-. The molecule has 1 aliphatic rings. The lowest BCUT2D eigenvalue weighted by atomic mass is 10.1. The third-order valence-corrected chi connectivity index (χ3v) is 2.92. The number of amides is 1. The van der Waals surface area contributed by atoms with Crippen LogP contribution < -0.4 is 0 Å². The second kappa shape index (κ2) is 4.47. The lowest BCUT2D eigenvalue weighted by molar-refractivity contribution is -0.133. The van der Waals surface area contributed by atoms with Crippen LogP contribution in [0.3, 0.4) is 0 Å². The molecule has 1 rings (SSSR count). The van der Waals surface area contributed by atoms with Crippen molar-refractivity contribution in [3.05, 3.63) is 11.1 Å². The number of hydrogen-bond acceptors (Lipinski definition) is 2. The predicted molar refractivity (Wildman–Crippen MR) is 56.4 cm³/mol. The quantitative estimate of drug-likeness (QED) is 0.700. The van der Waals surface area contributed by atoms with E-state index >= 15 is 0 Å². The summed E-state index contributed by atoms with van der Waals surface area (Å²) in [6.07, 6.45) is 1.01. The Morgan fingerprint density at radius 3 is 2.27 bits per heavy atom. The van der Waals surface area contributed by atoms with Gasteiger partial charge in [0.05, 0.1) is 0 Å². The van der Waals surface area contributed by atoms with Gasteiger partial charge < -0.3 is 10.0 Å². The Bertz CT molecular complexity index is 320. The van der Waals surface area contributed by atoms with E-state index in [9.17, 15) is 9.59 Å².